The van der Waals surface area contributed by atoms with E-state index in [1.54, 1.807) is 13.0 Å². The molecule has 1 aromatic carbocycles. The van der Waals surface area contributed by atoms with Crippen LogP contribution in [0.4, 0.5) is 4.39 Å². The zero-order valence-electron chi connectivity index (χ0n) is 7.99. The summed E-state index contributed by atoms with van der Waals surface area (Å²) in [5, 5.41) is 0.424. The molecule has 0 aliphatic rings. The molecule has 0 aromatic heterocycles. The Bertz CT molecular complexity index is 328. The van der Waals surface area contributed by atoms with Crippen LogP contribution in [0.3, 0.4) is 0 Å². The fourth-order valence-corrected chi connectivity index (χ4v) is 1.56. The van der Waals surface area contributed by atoms with Crippen LogP contribution in [-0.2, 0) is 5.54 Å². The molecular weight excluding hydrogens is 189 g/mol. The lowest BCUT2D eigenvalue weighted by atomic mass is 9.94. The summed E-state index contributed by atoms with van der Waals surface area (Å²) >= 11 is 5.96. The van der Waals surface area contributed by atoms with Gasteiger partial charge in [-0.1, -0.05) is 17.7 Å². The fourth-order valence-electron chi connectivity index (χ4n) is 1.16. The molecule has 0 atom stereocenters. The van der Waals surface area contributed by atoms with Gasteiger partial charge in [0.2, 0.25) is 0 Å². The lowest BCUT2D eigenvalue weighted by Crippen LogP contribution is -2.29. The molecule has 0 spiro atoms. The van der Waals surface area contributed by atoms with Crippen LogP contribution in [0.2, 0.25) is 5.02 Å². The topological polar surface area (TPSA) is 26.0 Å². The molecule has 0 aliphatic carbocycles. The fraction of sp³-hybridized carbons (Fsp3) is 0.400. The average molecular weight is 202 g/mol. The highest BCUT2D eigenvalue weighted by Gasteiger charge is 2.19. The average Bonchev–Trinajstić information content (AvgIpc) is 1.98. The van der Waals surface area contributed by atoms with Crippen molar-refractivity contribution in [1.29, 1.82) is 0 Å². The molecule has 0 aliphatic heterocycles. The zero-order chi connectivity index (χ0) is 10.2. The number of hydrogen-bond acceptors (Lipinski definition) is 1. The number of rotatable bonds is 1. The monoisotopic (exact) mass is 201 g/mol. The van der Waals surface area contributed by atoms with Gasteiger partial charge in [0.25, 0.3) is 0 Å². The van der Waals surface area contributed by atoms with E-state index in [-0.39, 0.29) is 5.82 Å². The van der Waals surface area contributed by atoms with E-state index in [0.717, 1.165) is 5.56 Å². The molecular formula is C10H13ClFN. The van der Waals surface area contributed by atoms with Gasteiger partial charge in [0.05, 0.1) is 5.02 Å². The lowest BCUT2D eigenvalue weighted by molar-refractivity contribution is 0.549. The van der Waals surface area contributed by atoms with Crippen LogP contribution in [0, 0.1) is 12.7 Å². The second kappa shape index (κ2) is 3.28. The Morgan fingerprint density at radius 2 is 1.92 bits per heavy atom. The minimum Gasteiger partial charge on any atom is -0.322 e. The van der Waals surface area contributed by atoms with E-state index < -0.39 is 5.54 Å². The summed E-state index contributed by atoms with van der Waals surface area (Å²) in [6.07, 6.45) is 0. The van der Waals surface area contributed by atoms with Crippen LogP contribution in [0.25, 0.3) is 0 Å². The van der Waals surface area contributed by atoms with Crippen LogP contribution >= 0.6 is 11.6 Å². The summed E-state index contributed by atoms with van der Waals surface area (Å²) < 4.78 is 13.0. The normalized spacial score (nSPS) is 11.8. The molecule has 0 saturated carbocycles. The van der Waals surface area contributed by atoms with Crippen molar-refractivity contribution in [2.24, 2.45) is 5.73 Å². The van der Waals surface area contributed by atoms with Gasteiger partial charge in [-0.3, -0.25) is 0 Å². The molecule has 2 N–H and O–H groups in total. The molecule has 1 aromatic rings. The standard InChI is InChI=1S/C10H13ClFN/c1-6-8(12)5-4-7(9(6)11)10(2,3)13/h4-5H,13H2,1-3H3. The van der Waals surface area contributed by atoms with Gasteiger partial charge in [-0.15, -0.1) is 0 Å². The quantitative estimate of drug-likeness (QED) is 0.743. The summed E-state index contributed by atoms with van der Waals surface area (Å²) in [6.45, 7) is 5.32. The van der Waals surface area contributed by atoms with Gasteiger partial charge in [0.1, 0.15) is 5.82 Å². The van der Waals surface area contributed by atoms with E-state index in [4.69, 9.17) is 17.3 Å². The van der Waals surface area contributed by atoms with Crippen molar-refractivity contribution in [3.05, 3.63) is 34.1 Å². The van der Waals surface area contributed by atoms with Gasteiger partial charge < -0.3 is 5.73 Å². The summed E-state index contributed by atoms with van der Waals surface area (Å²) in [5.74, 6) is -0.294. The highest BCUT2D eigenvalue weighted by Crippen LogP contribution is 2.29. The second-order valence-corrected chi connectivity index (χ2v) is 4.13. The van der Waals surface area contributed by atoms with Crippen molar-refractivity contribution in [2.75, 3.05) is 0 Å². The number of halogens is 2. The summed E-state index contributed by atoms with van der Waals surface area (Å²) in [4.78, 5) is 0. The van der Waals surface area contributed by atoms with E-state index in [1.165, 1.54) is 6.07 Å². The van der Waals surface area contributed by atoms with E-state index >= 15 is 0 Å². The maximum atomic E-state index is 13.0. The molecule has 0 fully saturated rings. The highest BCUT2D eigenvalue weighted by atomic mass is 35.5. The lowest BCUT2D eigenvalue weighted by Gasteiger charge is -2.21. The number of hydrogen-bond donors (Lipinski definition) is 1. The SMILES string of the molecule is Cc1c(F)ccc(C(C)(C)N)c1Cl. The Labute approximate surface area is 82.7 Å². The van der Waals surface area contributed by atoms with E-state index in [9.17, 15) is 4.39 Å². The van der Waals surface area contributed by atoms with Crippen LogP contribution in [-0.4, -0.2) is 0 Å². The summed E-state index contributed by atoms with van der Waals surface area (Å²) in [6, 6.07) is 3.02. The summed E-state index contributed by atoms with van der Waals surface area (Å²) in [7, 11) is 0. The van der Waals surface area contributed by atoms with Crippen LogP contribution in [0.1, 0.15) is 25.0 Å². The molecule has 0 saturated heterocycles. The molecule has 1 nitrogen and oxygen atoms in total. The van der Waals surface area contributed by atoms with Crippen LogP contribution in [0.15, 0.2) is 12.1 Å². The van der Waals surface area contributed by atoms with Gasteiger partial charge >= 0.3 is 0 Å². The number of nitrogens with two attached hydrogens (primary N) is 1. The van der Waals surface area contributed by atoms with E-state index in [1.807, 2.05) is 13.8 Å². The Morgan fingerprint density at radius 1 is 1.38 bits per heavy atom. The molecule has 72 valence electrons. The molecule has 0 amide bonds. The van der Waals surface area contributed by atoms with Crippen LogP contribution < -0.4 is 5.73 Å². The Kier molecular flexibility index (Phi) is 2.64. The molecule has 0 bridgehead atoms. The Balaban J connectivity index is 3.35. The van der Waals surface area contributed by atoms with Gasteiger partial charge in [0.15, 0.2) is 0 Å². The molecule has 0 unspecified atom stereocenters. The largest absolute Gasteiger partial charge is 0.322 e. The molecule has 13 heavy (non-hydrogen) atoms. The van der Waals surface area contributed by atoms with Crippen molar-refractivity contribution in [1.82, 2.24) is 0 Å². The Morgan fingerprint density at radius 3 is 2.38 bits per heavy atom. The maximum absolute atomic E-state index is 13.0. The van der Waals surface area contributed by atoms with Gasteiger partial charge in [-0.2, -0.15) is 0 Å². The smallest absolute Gasteiger partial charge is 0.127 e. The third-order valence-electron chi connectivity index (χ3n) is 2.01. The van der Waals surface area contributed by atoms with Crippen molar-refractivity contribution in [2.45, 2.75) is 26.3 Å². The predicted molar refractivity (Wildman–Crippen MR) is 53.4 cm³/mol. The first-order valence-electron chi connectivity index (χ1n) is 4.08. The van der Waals surface area contributed by atoms with Gasteiger partial charge in [-0.25, -0.2) is 4.39 Å². The second-order valence-electron chi connectivity index (χ2n) is 3.76. The third-order valence-corrected chi connectivity index (χ3v) is 2.50. The van der Waals surface area contributed by atoms with Gasteiger partial charge in [-0.05, 0) is 32.4 Å². The zero-order valence-corrected chi connectivity index (χ0v) is 8.74. The first kappa shape index (κ1) is 10.5. The number of benzene rings is 1. The third kappa shape index (κ3) is 2.01. The van der Waals surface area contributed by atoms with Crippen LogP contribution in [0.5, 0.6) is 0 Å². The molecule has 0 radical (unpaired) electrons. The molecule has 1 rings (SSSR count). The van der Waals surface area contributed by atoms with Crippen molar-refractivity contribution < 1.29 is 4.39 Å². The first-order valence-corrected chi connectivity index (χ1v) is 4.46. The molecule has 0 heterocycles. The highest BCUT2D eigenvalue weighted by molar-refractivity contribution is 6.32. The summed E-state index contributed by atoms with van der Waals surface area (Å²) in [5.41, 5.74) is 6.57. The van der Waals surface area contributed by atoms with Crippen molar-refractivity contribution in [3.63, 3.8) is 0 Å². The predicted octanol–water partition coefficient (Wildman–Crippen LogP) is 2.98. The van der Waals surface area contributed by atoms with Gasteiger partial charge in [0, 0.05) is 11.1 Å². The maximum Gasteiger partial charge on any atom is 0.127 e. The minimum atomic E-state index is -0.532. The molecule has 3 heteroatoms. The van der Waals surface area contributed by atoms with Crippen molar-refractivity contribution in [3.8, 4) is 0 Å². The minimum absolute atomic E-state index is 0.294. The van der Waals surface area contributed by atoms with E-state index in [0.29, 0.717) is 10.6 Å². The van der Waals surface area contributed by atoms with E-state index in [2.05, 4.69) is 0 Å². The van der Waals surface area contributed by atoms with Crippen molar-refractivity contribution >= 4 is 11.6 Å². The Hall–Kier alpha value is -0.600. The first-order chi connectivity index (χ1) is 5.84.